The van der Waals surface area contributed by atoms with Crippen LogP contribution in [-0.4, -0.2) is 30.9 Å². The fourth-order valence-electron chi connectivity index (χ4n) is 1.21. The van der Waals surface area contributed by atoms with Crippen LogP contribution in [0.3, 0.4) is 0 Å². The molecule has 100 valence electrons. The molecule has 1 rings (SSSR count). The molecule has 0 bridgehead atoms. The van der Waals surface area contributed by atoms with Gasteiger partial charge in [-0.3, -0.25) is 4.79 Å². The van der Waals surface area contributed by atoms with Gasteiger partial charge in [-0.05, 0) is 5.56 Å². The minimum absolute atomic E-state index is 0.0310. The summed E-state index contributed by atoms with van der Waals surface area (Å²) in [6, 6.07) is 7.10. The smallest absolute Gasteiger partial charge is 0.323 e. The Bertz CT molecular complexity index is 503. The van der Waals surface area contributed by atoms with Crippen molar-refractivity contribution in [2.24, 2.45) is 11.5 Å². The van der Waals surface area contributed by atoms with E-state index in [9.17, 15) is 13.2 Å². The lowest BCUT2D eigenvalue weighted by Gasteiger charge is -2.17. The number of hydrogen-bond acceptors (Lipinski definition) is 5. The number of carbonyl (C=O) groups is 1. The minimum Gasteiger partial charge on any atom is -0.480 e. The number of carboxylic acid groups (broad SMARTS) is 1. The highest BCUT2D eigenvalue weighted by Crippen LogP contribution is 2.02. The monoisotopic (exact) mass is 273 g/mol. The molecule has 0 saturated carbocycles. The van der Waals surface area contributed by atoms with Crippen LogP contribution in [0, 0.1) is 0 Å². The van der Waals surface area contributed by atoms with Crippen LogP contribution in [0.1, 0.15) is 5.56 Å². The van der Waals surface area contributed by atoms with E-state index in [1.807, 2.05) is 0 Å². The lowest BCUT2D eigenvalue weighted by Crippen LogP contribution is -2.54. The van der Waals surface area contributed by atoms with E-state index >= 15 is 0 Å². The maximum atomic E-state index is 11.7. The van der Waals surface area contributed by atoms with Crippen LogP contribution in [0.25, 0.3) is 0 Å². The number of nitrogens with one attached hydrogen (secondary N) is 1. The summed E-state index contributed by atoms with van der Waals surface area (Å²) in [5.74, 6) is -1.47. The zero-order valence-corrected chi connectivity index (χ0v) is 10.3. The molecule has 0 aliphatic rings. The van der Waals surface area contributed by atoms with Gasteiger partial charge in [0, 0.05) is 6.54 Å². The third kappa shape index (κ3) is 3.77. The van der Waals surface area contributed by atoms with E-state index in [1.54, 1.807) is 30.3 Å². The standard InChI is InChI=1S/C10H15N3O4S/c11-8(10(14)15)9(12)18(16,17)13-6-7-4-2-1-3-5-7/h1-5,8-9,13H,6,11-12H2,(H,14,15). The van der Waals surface area contributed by atoms with Crippen molar-refractivity contribution >= 4 is 16.0 Å². The Kier molecular flexibility index (Phi) is 4.79. The van der Waals surface area contributed by atoms with Crippen molar-refractivity contribution in [3.8, 4) is 0 Å². The largest absolute Gasteiger partial charge is 0.480 e. The molecule has 0 spiro atoms. The Balaban J connectivity index is 2.68. The Morgan fingerprint density at radius 1 is 1.28 bits per heavy atom. The number of benzene rings is 1. The van der Waals surface area contributed by atoms with Gasteiger partial charge in [-0.1, -0.05) is 30.3 Å². The lowest BCUT2D eigenvalue weighted by molar-refractivity contribution is -0.138. The first-order valence-electron chi connectivity index (χ1n) is 5.11. The van der Waals surface area contributed by atoms with E-state index in [2.05, 4.69) is 4.72 Å². The third-order valence-corrected chi connectivity index (χ3v) is 3.87. The van der Waals surface area contributed by atoms with Gasteiger partial charge in [0.25, 0.3) is 0 Å². The van der Waals surface area contributed by atoms with Crippen molar-refractivity contribution in [2.75, 3.05) is 0 Å². The molecule has 2 atom stereocenters. The number of hydrogen-bond donors (Lipinski definition) is 4. The van der Waals surface area contributed by atoms with Crippen molar-refractivity contribution in [1.82, 2.24) is 4.72 Å². The van der Waals surface area contributed by atoms with Gasteiger partial charge in [0.15, 0.2) is 0 Å². The molecule has 1 aromatic rings. The SMILES string of the molecule is NC(C(=O)O)C(N)S(=O)(=O)NCc1ccccc1. The zero-order chi connectivity index (χ0) is 13.8. The Morgan fingerprint density at radius 2 is 1.83 bits per heavy atom. The molecule has 0 fully saturated rings. The fraction of sp³-hybridized carbons (Fsp3) is 0.300. The third-order valence-electron chi connectivity index (χ3n) is 2.32. The molecule has 7 nitrogen and oxygen atoms in total. The first kappa shape index (κ1) is 14.6. The van der Waals surface area contributed by atoms with E-state index in [0.29, 0.717) is 0 Å². The highest BCUT2D eigenvalue weighted by Gasteiger charge is 2.31. The van der Waals surface area contributed by atoms with Crippen LogP contribution in [0.15, 0.2) is 30.3 Å². The molecule has 0 aliphatic heterocycles. The van der Waals surface area contributed by atoms with Gasteiger partial charge in [-0.2, -0.15) is 0 Å². The molecule has 6 N–H and O–H groups in total. The fourth-order valence-corrected chi connectivity index (χ4v) is 2.27. The summed E-state index contributed by atoms with van der Waals surface area (Å²) in [5.41, 5.74) is 11.2. The average molecular weight is 273 g/mol. The first-order chi connectivity index (χ1) is 8.34. The Labute approximate surface area is 105 Å². The zero-order valence-electron chi connectivity index (χ0n) is 9.48. The summed E-state index contributed by atoms with van der Waals surface area (Å²) in [4.78, 5) is 10.6. The number of sulfonamides is 1. The summed E-state index contributed by atoms with van der Waals surface area (Å²) >= 11 is 0. The highest BCUT2D eigenvalue weighted by atomic mass is 32.2. The van der Waals surface area contributed by atoms with Crippen LogP contribution < -0.4 is 16.2 Å². The second-order valence-electron chi connectivity index (χ2n) is 3.68. The molecule has 2 unspecified atom stereocenters. The van der Waals surface area contributed by atoms with Crippen molar-refractivity contribution in [1.29, 1.82) is 0 Å². The minimum atomic E-state index is -3.98. The van der Waals surface area contributed by atoms with E-state index in [-0.39, 0.29) is 6.54 Å². The molecule has 0 amide bonds. The molecule has 0 aromatic heterocycles. The van der Waals surface area contributed by atoms with Gasteiger partial charge in [-0.25, -0.2) is 13.1 Å². The Hall–Kier alpha value is -1.48. The van der Waals surface area contributed by atoms with Gasteiger partial charge in [0.2, 0.25) is 10.0 Å². The summed E-state index contributed by atoms with van der Waals surface area (Å²) in [6.07, 6.45) is 0. The molecule has 8 heteroatoms. The van der Waals surface area contributed by atoms with Crippen LogP contribution >= 0.6 is 0 Å². The summed E-state index contributed by atoms with van der Waals surface area (Å²) in [6.45, 7) is 0.0310. The van der Waals surface area contributed by atoms with Crippen LogP contribution in [0.5, 0.6) is 0 Å². The van der Waals surface area contributed by atoms with Crippen molar-refractivity contribution < 1.29 is 18.3 Å². The number of aliphatic carboxylic acids is 1. The van der Waals surface area contributed by atoms with Crippen LogP contribution in [-0.2, 0) is 21.4 Å². The van der Waals surface area contributed by atoms with E-state index < -0.39 is 27.4 Å². The summed E-state index contributed by atoms with van der Waals surface area (Å²) < 4.78 is 25.6. The maximum Gasteiger partial charge on any atom is 0.323 e. The molecule has 0 aliphatic carbocycles. The van der Waals surface area contributed by atoms with Gasteiger partial charge in [0.05, 0.1) is 0 Å². The molecular weight excluding hydrogens is 258 g/mol. The number of rotatable bonds is 6. The predicted molar refractivity (Wildman–Crippen MR) is 65.8 cm³/mol. The maximum absolute atomic E-state index is 11.7. The second kappa shape index (κ2) is 5.91. The van der Waals surface area contributed by atoms with E-state index in [4.69, 9.17) is 16.6 Å². The second-order valence-corrected chi connectivity index (χ2v) is 5.60. The number of nitrogens with two attached hydrogens (primary N) is 2. The van der Waals surface area contributed by atoms with Gasteiger partial charge < -0.3 is 16.6 Å². The van der Waals surface area contributed by atoms with Gasteiger partial charge in [-0.15, -0.1) is 0 Å². The topological polar surface area (TPSA) is 136 Å². The summed E-state index contributed by atoms with van der Waals surface area (Å²) in [7, 11) is -3.98. The van der Waals surface area contributed by atoms with E-state index in [0.717, 1.165) is 5.56 Å². The van der Waals surface area contributed by atoms with Crippen LogP contribution in [0.4, 0.5) is 0 Å². The molecule has 18 heavy (non-hydrogen) atoms. The molecule has 0 heterocycles. The molecule has 0 saturated heterocycles. The molecule has 1 aromatic carbocycles. The quantitative estimate of drug-likeness (QED) is 0.514. The molecular formula is C10H15N3O4S. The van der Waals surface area contributed by atoms with Gasteiger partial charge in [0.1, 0.15) is 11.4 Å². The first-order valence-corrected chi connectivity index (χ1v) is 6.65. The highest BCUT2D eigenvalue weighted by molar-refractivity contribution is 7.90. The number of carboxylic acids is 1. The van der Waals surface area contributed by atoms with Crippen LogP contribution in [0.2, 0.25) is 0 Å². The van der Waals surface area contributed by atoms with Gasteiger partial charge >= 0.3 is 5.97 Å². The van der Waals surface area contributed by atoms with E-state index in [1.165, 1.54) is 0 Å². The summed E-state index contributed by atoms with van der Waals surface area (Å²) in [5, 5.41) is 6.91. The van der Waals surface area contributed by atoms with Crippen molar-refractivity contribution in [2.45, 2.75) is 18.0 Å². The average Bonchev–Trinajstić information content (AvgIpc) is 2.35. The normalized spacial score (nSPS) is 15.0. The molecule has 0 radical (unpaired) electrons. The Morgan fingerprint density at radius 3 is 2.33 bits per heavy atom. The van der Waals surface area contributed by atoms with Crippen molar-refractivity contribution in [3.63, 3.8) is 0 Å². The lowest BCUT2D eigenvalue weighted by atomic mass is 10.2. The predicted octanol–water partition coefficient (Wildman–Crippen LogP) is -1.20. The van der Waals surface area contributed by atoms with Crippen molar-refractivity contribution in [3.05, 3.63) is 35.9 Å².